The summed E-state index contributed by atoms with van der Waals surface area (Å²) in [4.78, 5) is 24.3. The van der Waals surface area contributed by atoms with Gasteiger partial charge in [-0.3, -0.25) is 4.79 Å². The van der Waals surface area contributed by atoms with Crippen molar-refractivity contribution >= 4 is 11.9 Å². The van der Waals surface area contributed by atoms with Crippen molar-refractivity contribution in [3.63, 3.8) is 0 Å². The Labute approximate surface area is 120 Å². The van der Waals surface area contributed by atoms with Gasteiger partial charge in [0.15, 0.2) is 0 Å². The van der Waals surface area contributed by atoms with Gasteiger partial charge in [0, 0.05) is 5.92 Å². The Balaban J connectivity index is 1.71. The summed E-state index contributed by atoms with van der Waals surface area (Å²) in [6.45, 7) is 1.97. The Bertz CT molecular complexity index is 410. The number of rotatable bonds is 3. The average molecular weight is 279 g/mol. The predicted octanol–water partition coefficient (Wildman–Crippen LogP) is 2.57. The van der Waals surface area contributed by atoms with E-state index in [-0.39, 0.29) is 17.7 Å². The molecule has 0 aromatic heterocycles. The second-order valence-electron chi connectivity index (χ2n) is 7.05. The van der Waals surface area contributed by atoms with Gasteiger partial charge < -0.3 is 10.4 Å². The summed E-state index contributed by atoms with van der Waals surface area (Å²) in [5, 5.41) is 12.6. The van der Waals surface area contributed by atoms with Crippen LogP contribution >= 0.6 is 0 Å². The Morgan fingerprint density at radius 2 is 1.65 bits per heavy atom. The van der Waals surface area contributed by atoms with E-state index in [0.717, 1.165) is 32.1 Å². The van der Waals surface area contributed by atoms with Gasteiger partial charge in [-0.1, -0.05) is 32.6 Å². The molecule has 0 spiro atoms. The molecule has 4 unspecified atom stereocenters. The highest BCUT2D eigenvalue weighted by atomic mass is 16.4. The van der Waals surface area contributed by atoms with E-state index in [4.69, 9.17) is 0 Å². The van der Waals surface area contributed by atoms with Gasteiger partial charge in [-0.15, -0.1) is 0 Å². The largest absolute Gasteiger partial charge is 0.479 e. The number of hydrogen-bond donors (Lipinski definition) is 2. The van der Waals surface area contributed by atoms with Crippen LogP contribution in [0.5, 0.6) is 0 Å². The zero-order valence-corrected chi connectivity index (χ0v) is 12.2. The van der Waals surface area contributed by atoms with Crippen molar-refractivity contribution in [2.75, 3.05) is 0 Å². The van der Waals surface area contributed by atoms with Gasteiger partial charge >= 0.3 is 5.97 Å². The molecule has 0 radical (unpaired) electrons. The molecular formula is C16H25NO3. The normalized spacial score (nSPS) is 43.5. The van der Waals surface area contributed by atoms with Crippen molar-refractivity contribution in [3.05, 3.63) is 0 Å². The molecule has 3 fully saturated rings. The molecule has 0 heterocycles. The lowest BCUT2D eigenvalue weighted by molar-refractivity contribution is -0.152. The lowest BCUT2D eigenvalue weighted by atomic mass is 9.73. The molecule has 0 aromatic rings. The van der Waals surface area contributed by atoms with Crippen molar-refractivity contribution < 1.29 is 14.7 Å². The standard InChI is InChI=1S/C16H25NO3/c1-10-6-4-5-9-16(10,15(19)20)17-14(18)13-11-7-2-3-8-12(11)13/h10-13H,2-9H2,1H3,(H,17,18)(H,19,20). The van der Waals surface area contributed by atoms with E-state index >= 15 is 0 Å². The van der Waals surface area contributed by atoms with Crippen LogP contribution in [0.25, 0.3) is 0 Å². The molecule has 4 atom stereocenters. The predicted molar refractivity (Wildman–Crippen MR) is 75.1 cm³/mol. The van der Waals surface area contributed by atoms with Crippen molar-refractivity contribution in [2.45, 2.75) is 63.8 Å². The van der Waals surface area contributed by atoms with Crippen molar-refractivity contribution in [2.24, 2.45) is 23.7 Å². The summed E-state index contributed by atoms with van der Waals surface area (Å²) in [6.07, 6.45) is 8.20. The van der Waals surface area contributed by atoms with Crippen LogP contribution in [0.1, 0.15) is 58.3 Å². The second kappa shape index (κ2) is 5.05. The fourth-order valence-electron chi connectivity index (χ4n) is 4.59. The van der Waals surface area contributed by atoms with Crippen molar-refractivity contribution in [3.8, 4) is 0 Å². The van der Waals surface area contributed by atoms with Gasteiger partial charge in [0.1, 0.15) is 5.54 Å². The lowest BCUT2D eigenvalue weighted by Gasteiger charge is -2.39. The van der Waals surface area contributed by atoms with Crippen molar-refractivity contribution in [1.82, 2.24) is 5.32 Å². The third-order valence-corrected chi connectivity index (χ3v) is 5.99. The van der Waals surface area contributed by atoms with E-state index in [9.17, 15) is 14.7 Å². The third-order valence-electron chi connectivity index (χ3n) is 5.99. The van der Waals surface area contributed by atoms with Crippen LogP contribution in [0.3, 0.4) is 0 Å². The molecule has 0 saturated heterocycles. The molecule has 20 heavy (non-hydrogen) atoms. The Morgan fingerprint density at radius 1 is 1.05 bits per heavy atom. The minimum absolute atomic E-state index is 0.0121. The molecule has 2 N–H and O–H groups in total. The number of carbonyl (C=O) groups is 2. The zero-order chi connectivity index (χ0) is 14.3. The molecule has 4 nitrogen and oxygen atoms in total. The first-order valence-electron chi connectivity index (χ1n) is 8.11. The summed E-state index contributed by atoms with van der Waals surface area (Å²) >= 11 is 0. The van der Waals surface area contributed by atoms with Crippen LogP contribution in [-0.4, -0.2) is 22.5 Å². The molecule has 0 aliphatic heterocycles. The van der Waals surface area contributed by atoms with Gasteiger partial charge in [0.2, 0.25) is 5.91 Å². The van der Waals surface area contributed by atoms with Gasteiger partial charge in [-0.2, -0.15) is 0 Å². The number of carbonyl (C=O) groups excluding carboxylic acids is 1. The number of fused-ring (bicyclic) bond motifs is 1. The molecule has 0 bridgehead atoms. The minimum atomic E-state index is -1.01. The topological polar surface area (TPSA) is 66.4 Å². The quantitative estimate of drug-likeness (QED) is 0.834. The number of nitrogens with one attached hydrogen (secondary N) is 1. The number of carboxylic acids is 1. The Morgan fingerprint density at radius 3 is 2.20 bits per heavy atom. The van der Waals surface area contributed by atoms with Crippen molar-refractivity contribution in [1.29, 1.82) is 0 Å². The van der Waals surface area contributed by atoms with Crippen LogP contribution in [-0.2, 0) is 9.59 Å². The van der Waals surface area contributed by atoms with Crippen LogP contribution < -0.4 is 5.32 Å². The highest BCUT2D eigenvalue weighted by Crippen LogP contribution is 2.55. The summed E-state index contributed by atoms with van der Waals surface area (Å²) in [7, 11) is 0. The zero-order valence-electron chi connectivity index (χ0n) is 12.2. The molecule has 112 valence electrons. The summed E-state index contributed by atoms with van der Waals surface area (Å²) in [5.74, 6) is 0.364. The number of aliphatic carboxylic acids is 1. The fourth-order valence-corrected chi connectivity index (χ4v) is 4.59. The fraction of sp³-hybridized carbons (Fsp3) is 0.875. The number of carboxylic acid groups (broad SMARTS) is 1. The highest BCUT2D eigenvalue weighted by Gasteiger charge is 2.57. The maximum atomic E-state index is 12.5. The van der Waals surface area contributed by atoms with Crippen LogP contribution in [0.2, 0.25) is 0 Å². The maximum Gasteiger partial charge on any atom is 0.329 e. The van der Waals surface area contributed by atoms with Gasteiger partial charge in [-0.05, 0) is 43.4 Å². The Hall–Kier alpha value is -1.06. The number of hydrogen-bond acceptors (Lipinski definition) is 2. The molecule has 1 amide bonds. The summed E-state index contributed by atoms with van der Waals surface area (Å²) in [5.41, 5.74) is -1.01. The van der Waals surface area contributed by atoms with E-state index < -0.39 is 11.5 Å². The smallest absolute Gasteiger partial charge is 0.329 e. The average Bonchev–Trinajstić information content (AvgIpc) is 3.15. The second-order valence-corrected chi connectivity index (χ2v) is 7.05. The lowest BCUT2D eigenvalue weighted by Crippen LogP contribution is -2.60. The van der Waals surface area contributed by atoms with Crippen LogP contribution in [0.4, 0.5) is 0 Å². The van der Waals surface area contributed by atoms with Gasteiger partial charge in [-0.25, -0.2) is 4.79 Å². The molecule has 4 heteroatoms. The van der Waals surface area contributed by atoms with Gasteiger partial charge in [0.05, 0.1) is 0 Å². The summed E-state index contributed by atoms with van der Waals surface area (Å²) < 4.78 is 0. The first kappa shape index (κ1) is 13.9. The monoisotopic (exact) mass is 279 g/mol. The summed E-state index contributed by atoms with van der Waals surface area (Å²) in [6, 6.07) is 0. The van der Waals surface area contributed by atoms with Gasteiger partial charge in [0.25, 0.3) is 0 Å². The van der Waals surface area contributed by atoms with E-state index in [1.165, 1.54) is 12.8 Å². The molecule has 3 rings (SSSR count). The first-order chi connectivity index (χ1) is 9.56. The highest BCUT2D eigenvalue weighted by molar-refractivity contribution is 5.90. The third kappa shape index (κ3) is 2.13. The molecule has 3 saturated carbocycles. The molecule has 3 aliphatic rings. The first-order valence-corrected chi connectivity index (χ1v) is 8.11. The van der Waals surface area contributed by atoms with E-state index in [1.54, 1.807) is 0 Å². The number of amides is 1. The molecular weight excluding hydrogens is 254 g/mol. The van der Waals surface area contributed by atoms with Crippen LogP contribution in [0.15, 0.2) is 0 Å². The van der Waals surface area contributed by atoms with E-state index in [1.807, 2.05) is 6.92 Å². The maximum absolute atomic E-state index is 12.5. The molecule has 0 aromatic carbocycles. The van der Waals surface area contributed by atoms with E-state index in [2.05, 4.69) is 5.32 Å². The minimum Gasteiger partial charge on any atom is -0.479 e. The van der Waals surface area contributed by atoms with Crippen LogP contribution in [0, 0.1) is 23.7 Å². The SMILES string of the molecule is CC1CCCCC1(NC(=O)C1C2CCCCC21)C(=O)O. The van der Waals surface area contributed by atoms with E-state index in [0.29, 0.717) is 18.3 Å². The molecule has 3 aliphatic carbocycles. The Kier molecular flexibility index (Phi) is 3.51.